The fraction of sp³-hybridized carbons (Fsp3) is 0.333. The van der Waals surface area contributed by atoms with Crippen molar-refractivity contribution in [1.82, 2.24) is 0 Å². The first-order chi connectivity index (χ1) is 9.65. The van der Waals surface area contributed by atoms with Crippen LogP contribution in [0.2, 0.25) is 0 Å². The monoisotopic (exact) mass is 276 g/mol. The van der Waals surface area contributed by atoms with E-state index in [2.05, 4.69) is 4.74 Å². The van der Waals surface area contributed by atoms with E-state index in [1.54, 1.807) is 31.2 Å². The van der Waals surface area contributed by atoms with Crippen LogP contribution in [0, 0.1) is 0 Å². The molecular weight excluding hydrogens is 260 g/mol. The molecule has 5 heteroatoms. The molecule has 0 N–H and O–H groups in total. The highest BCUT2D eigenvalue weighted by Gasteiger charge is 2.17. The third-order valence-electron chi connectivity index (χ3n) is 2.93. The second kappa shape index (κ2) is 6.23. The summed E-state index contributed by atoms with van der Waals surface area (Å²) in [6.45, 7) is 2.48. The van der Waals surface area contributed by atoms with Gasteiger partial charge in [0.05, 0.1) is 25.9 Å². The number of carbonyl (C=O) groups excluding carboxylic acids is 2. The van der Waals surface area contributed by atoms with E-state index in [0.29, 0.717) is 42.1 Å². The summed E-state index contributed by atoms with van der Waals surface area (Å²) < 4.78 is 15.2. The average molecular weight is 276 g/mol. The van der Waals surface area contributed by atoms with Crippen LogP contribution in [0.25, 0.3) is 6.08 Å². The molecule has 0 aromatic heterocycles. The smallest absolute Gasteiger partial charge is 0.337 e. The minimum atomic E-state index is -0.428. The Hall–Kier alpha value is -2.30. The van der Waals surface area contributed by atoms with Gasteiger partial charge in [-0.05, 0) is 31.2 Å². The Labute approximate surface area is 117 Å². The molecule has 20 heavy (non-hydrogen) atoms. The van der Waals surface area contributed by atoms with E-state index in [4.69, 9.17) is 9.47 Å². The lowest BCUT2D eigenvalue weighted by molar-refractivity contribution is -0.138. The van der Waals surface area contributed by atoms with Crippen LogP contribution < -0.4 is 4.74 Å². The average Bonchev–Trinajstić information content (AvgIpc) is 2.68. The molecule has 106 valence electrons. The quantitative estimate of drug-likeness (QED) is 0.792. The maximum Gasteiger partial charge on any atom is 0.337 e. The van der Waals surface area contributed by atoms with Crippen molar-refractivity contribution in [2.24, 2.45) is 0 Å². The van der Waals surface area contributed by atoms with E-state index >= 15 is 0 Å². The standard InChI is InChI=1S/C15H16O5/c1-3-19-15(17)11-6-7-20-13-5-4-10(14(16)18-2)8-12(13)9-11/h4-5,8-9H,3,6-7H2,1-2H3. The zero-order valence-corrected chi connectivity index (χ0v) is 11.5. The summed E-state index contributed by atoms with van der Waals surface area (Å²) in [7, 11) is 1.32. The molecule has 0 amide bonds. The fourth-order valence-corrected chi connectivity index (χ4v) is 1.95. The highest BCUT2D eigenvalue weighted by Crippen LogP contribution is 2.27. The van der Waals surface area contributed by atoms with E-state index in [9.17, 15) is 9.59 Å². The third kappa shape index (κ3) is 2.99. The summed E-state index contributed by atoms with van der Waals surface area (Å²) in [6, 6.07) is 4.98. The predicted octanol–water partition coefficient (Wildman–Crippen LogP) is 2.20. The molecular formula is C15H16O5. The topological polar surface area (TPSA) is 61.8 Å². The van der Waals surface area contributed by atoms with Crippen molar-refractivity contribution in [3.05, 3.63) is 34.9 Å². The molecule has 1 aliphatic heterocycles. The maximum atomic E-state index is 11.8. The number of hydrogen-bond acceptors (Lipinski definition) is 5. The third-order valence-corrected chi connectivity index (χ3v) is 2.93. The van der Waals surface area contributed by atoms with E-state index in [1.807, 2.05) is 0 Å². The van der Waals surface area contributed by atoms with Crippen LogP contribution in [0.4, 0.5) is 0 Å². The maximum absolute atomic E-state index is 11.8. The van der Waals surface area contributed by atoms with Crippen LogP contribution in [0.15, 0.2) is 23.8 Å². The van der Waals surface area contributed by atoms with Crippen LogP contribution >= 0.6 is 0 Å². The summed E-state index contributed by atoms with van der Waals surface area (Å²) in [6.07, 6.45) is 2.17. The molecule has 1 aromatic carbocycles. The minimum Gasteiger partial charge on any atom is -0.493 e. The zero-order valence-electron chi connectivity index (χ0n) is 11.5. The lowest BCUT2D eigenvalue weighted by Gasteiger charge is -2.07. The van der Waals surface area contributed by atoms with E-state index in [1.165, 1.54) is 7.11 Å². The molecule has 0 atom stereocenters. The van der Waals surface area contributed by atoms with Crippen LogP contribution in [-0.4, -0.2) is 32.3 Å². The molecule has 2 rings (SSSR count). The van der Waals surface area contributed by atoms with Gasteiger partial charge in [-0.25, -0.2) is 9.59 Å². The summed E-state index contributed by atoms with van der Waals surface area (Å²) in [5.74, 6) is -0.146. The molecule has 0 spiro atoms. The van der Waals surface area contributed by atoms with Gasteiger partial charge in [0.15, 0.2) is 0 Å². The van der Waals surface area contributed by atoms with Gasteiger partial charge in [0.25, 0.3) is 0 Å². The van der Waals surface area contributed by atoms with Crippen LogP contribution in [-0.2, 0) is 14.3 Å². The highest BCUT2D eigenvalue weighted by molar-refractivity contribution is 5.95. The van der Waals surface area contributed by atoms with Gasteiger partial charge < -0.3 is 14.2 Å². The first kappa shape index (κ1) is 14.1. The second-order valence-electron chi connectivity index (χ2n) is 4.23. The molecule has 1 heterocycles. The molecule has 1 aromatic rings. The van der Waals surface area contributed by atoms with Gasteiger partial charge in [0, 0.05) is 17.6 Å². The van der Waals surface area contributed by atoms with Gasteiger partial charge in [-0.1, -0.05) is 0 Å². The van der Waals surface area contributed by atoms with Crippen LogP contribution in [0.5, 0.6) is 5.75 Å². The molecule has 1 aliphatic rings. The molecule has 0 unspecified atom stereocenters. The van der Waals surface area contributed by atoms with Crippen molar-refractivity contribution in [2.45, 2.75) is 13.3 Å². The van der Waals surface area contributed by atoms with Crippen molar-refractivity contribution in [3.8, 4) is 5.75 Å². The Morgan fingerprint density at radius 3 is 2.80 bits per heavy atom. The van der Waals surface area contributed by atoms with Crippen molar-refractivity contribution < 1.29 is 23.8 Å². The van der Waals surface area contributed by atoms with Crippen molar-refractivity contribution in [2.75, 3.05) is 20.3 Å². The molecule has 5 nitrogen and oxygen atoms in total. The lowest BCUT2D eigenvalue weighted by Crippen LogP contribution is -2.09. The van der Waals surface area contributed by atoms with Gasteiger partial charge in [-0.2, -0.15) is 0 Å². The molecule has 0 bridgehead atoms. The number of benzene rings is 1. The normalized spacial score (nSPS) is 13.4. The number of fused-ring (bicyclic) bond motifs is 1. The predicted molar refractivity (Wildman–Crippen MR) is 72.5 cm³/mol. The molecule has 0 saturated heterocycles. The van der Waals surface area contributed by atoms with Gasteiger partial charge in [0.1, 0.15) is 5.75 Å². The molecule has 0 fully saturated rings. The number of esters is 2. The van der Waals surface area contributed by atoms with Crippen LogP contribution in [0.1, 0.15) is 29.3 Å². The number of ether oxygens (including phenoxy) is 3. The Morgan fingerprint density at radius 1 is 1.30 bits per heavy atom. The van der Waals surface area contributed by atoms with Gasteiger partial charge in [-0.3, -0.25) is 0 Å². The molecule has 0 saturated carbocycles. The van der Waals surface area contributed by atoms with Gasteiger partial charge in [-0.15, -0.1) is 0 Å². The number of methoxy groups -OCH3 is 1. The highest BCUT2D eigenvalue weighted by atomic mass is 16.5. The van der Waals surface area contributed by atoms with Crippen molar-refractivity contribution >= 4 is 18.0 Å². The summed E-state index contributed by atoms with van der Waals surface area (Å²) in [5, 5.41) is 0. The van der Waals surface area contributed by atoms with Gasteiger partial charge in [0.2, 0.25) is 0 Å². The Balaban J connectivity index is 2.37. The number of rotatable bonds is 3. The van der Waals surface area contributed by atoms with Crippen molar-refractivity contribution in [1.29, 1.82) is 0 Å². The van der Waals surface area contributed by atoms with E-state index in [0.717, 1.165) is 0 Å². The first-order valence-electron chi connectivity index (χ1n) is 6.38. The zero-order chi connectivity index (χ0) is 14.5. The lowest BCUT2D eigenvalue weighted by atomic mass is 10.1. The number of hydrogen-bond donors (Lipinski definition) is 0. The molecule has 0 radical (unpaired) electrons. The second-order valence-corrected chi connectivity index (χ2v) is 4.23. The number of carbonyl (C=O) groups is 2. The van der Waals surface area contributed by atoms with Crippen molar-refractivity contribution in [3.63, 3.8) is 0 Å². The molecule has 0 aliphatic carbocycles. The van der Waals surface area contributed by atoms with Crippen LogP contribution in [0.3, 0.4) is 0 Å². The summed E-state index contributed by atoms with van der Waals surface area (Å²) >= 11 is 0. The Morgan fingerprint density at radius 2 is 2.10 bits per heavy atom. The SMILES string of the molecule is CCOC(=O)C1=Cc2cc(C(=O)OC)ccc2OCC1. The summed E-state index contributed by atoms with van der Waals surface area (Å²) in [5.41, 5.74) is 1.62. The summed E-state index contributed by atoms with van der Waals surface area (Å²) in [4.78, 5) is 23.3. The van der Waals surface area contributed by atoms with E-state index < -0.39 is 5.97 Å². The first-order valence-corrected chi connectivity index (χ1v) is 6.38. The van der Waals surface area contributed by atoms with E-state index in [-0.39, 0.29) is 5.97 Å². The Kier molecular flexibility index (Phi) is 4.40. The largest absolute Gasteiger partial charge is 0.493 e. The Bertz CT molecular complexity index is 559. The minimum absolute atomic E-state index is 0.325. The van der Waals surface area contributed by atoms with Gasteiger partial charge >= 0.3 is 11.9 Å². The fourth-order valence-electron chi connectivity index (χ4n) is 1.95.